The summed E-state index contributed by atoms with van der Waals surface area (Å²) in [5, 5.41) is 0. The van der Waals surface area contributed by atoms with Crippen LogP contribution in [0.5, 0.6) is 0 Å². The third-order valence-electron chi connectivity index (χ3n) is 3.20. The fraction of sp³-hybridized carbons (Fsp3) is 0.500. The number of hydrogen-bond donors (Lipinski definition) is 1. The van der Waals surface area contributed by atoms with Crippen LogP contribution in [0.1, 0.15) is 36.8 Å². The highest BCUT2D eigenvalue weighted by atomic mass is 19.2. The Bertz CT molecular complexity index is 381. The van der Waals surface area contributed by atoms with Crippen molar-refractivity contribution in [3.8, 4) is 0 Å². The minimum Gasteiger partial charge on any atom is -0.321 e. The van der Waals surface area contributed by atoms with Crippen molar-refractivity contribution in [3.63, 3.8) is 0 Å². The zero-order valence-electron chi connectivity index (χ0n) is 8.82. The van der Waals surface area contributed by atoms with E-state index in [2.05, 4.69) is 0 Å². The molecule has 82 valence electrons. The van der Waals surface area contributed by atoms with Gasteiger partial charge in [-0.2, -0.15) is 0 Å². The Morgan fingerprint density at radius 1 is 1.20 bits per heavy atom. The van der Waals surface area contributed by atoms with Crippen LogP contribution in [0.15, 0.2) is 12.1 Å². The maximum atomic E-state index is 13.6. The van der Waals surface area contributed by atoms with Crippen molar-refractivity contribution in [1.29, 1.82) is 0 Å². The van der Waals surface area contributed by atoms with Crippen molar-refractivity contribution >= 4 is 0 Å². The summed E-state index contributed by atoms with van der Waals surface area (Å²) in [6.45, 7) is 1.75. The maximum Gasteiger partial charge on any atom is 0.163 e. The predicted octanol–water partition coefficient (Wildman–Crippen LogP) is 3.00. The summed E-state index contributed by atoms with van der Waals surface area (Å²) >= 11 is 0. The van der Waals surface area contributed by atoms with Gasteiger partial charge >= 0.3 is 0 Å². The van der Waals surface area contributed by atoms with Gasteiger partial charge < -0.3 is 5.73 Å². The van der Waals surface area contributed by atoms with Gasteiger partial charge in [-0.3, -0.25) is 0 Å². The Balaban J connectivity index is 2.51. The summed E-state index contributed by atoms with van der Waals surface area (Å²) in [5.41, 5.74) is 6.52. The summed E-state index contributed by atoms with van der Waals surface area (Å²) in [6.07, 6.45) is 3.47. The van der Waals surface area contributed by atoms with Gasteiger partial charge in [0.1, 0.15) is 0 Å². The maximum absolute atomic E-state index is 13.6. The summed E-state index contributed by atoms with van der Waals surface area (Å²) in [4.78, 5) is 0. The normalized spacial score (nSPS) is 19.5. The summed E-state index contributed by atoms with van der Waals surface area (Å²) in [7, 11) is 0. The zero-order chi connectivity index (χ0) is 11.1. The van der Waals surface area contributed by atoms with Crippen LogP contribution in [0, 0.1) is 18.6 Å². The van der Waals surface area contributed by atoms with Gasteiger partial charge in [-0.1, -0.05) is 18.9 Å². The van der Waals surface area contributed by atoms with E-state index in [0.717, 1.165) is 31.2 Å². The largest absolute Gasteiger partial charge is 0.321 e. The quantitative estimate of drug-likeness (QED) is 0.759. The van der Waals surface area contributed by atoms with Crippen LogP contribution >= 0.6 is 0 Å². The number of hydrogen-bond acceptors (Lipinski definition) is 1. The van der Waals surface area contributed by atoms with Crippen molar-refractivity contribution in [2.75, 3.05) is 0 Å². The summed E-state index contributed by atoms with van der Waals surface area (Å²) < 4.78 is 26.9. The van der Waals surface area contributed by atoms with Gasteiger partial charge in [0.15, 0.2) is 11.6 Å². The van der Waals surface area contributed by atoms with Crippen molar-refractivity contribution < 1.29 is 8.78 Å². The Hall–Kier alpha value is -0.960. The Morgan fingerprint density at radius 3 is 2.40 bits per heavy atom. The molecule has 2 N–H and O–H groups in total. The highest BCUT2D eigenvalue weighted by Gasteiger charge is 2.34. The molecule has 2 rings (SSSR count). The molecule has 3 heteroatoms. The fourth-order valence-electron chi connectivity index (χ4n) is 2.36. The van der Waals surface area contributed by atoms with Gasteiger partial charge in [-0.15, -0.1) is 0 Å². The number of rotatable bonds is 1. The minimum absolute atomic E-state index is 0.345. The molecule has 0 saturated heterocycles. The molecule has 0 aromatic heterocycles. The second-order valence-electron chi connectivity index (χ2n) is 4.47. The van der Waals surface area contributed by atoms with E-state index in [1.807, 2.05) is 0 Å². The number of halogens is 2. The zero-order valence-corrected chi connectivity index (χ0v) is 8.82. The SMILES string of the molecule is Cc1cc(F)c(F)c(C2(N)CCCC2)c1. The average molecular weight is 211 g/mol. The first-order chi connectivity index (χ1) is 7.03. The van der Waals surface area contributed by atoms with Crippen LogP contribution in [0.4, 0.5) is 8.78 Å². The van der Waals surface area contributed by atoms with Crippen LogP contribution in [0.25, 0.3) is 0 Å². The van der Waals surface area contributed by atoms with E-state index < -0.39 is 17.2 Å². The molecule has 0 radical (unpaired) electrons. The molecule has 1 nitrogen and oxygen atoms in total. The molecule has 1 aromatic rings. The molecule has 1 saturated carbocycles. The van der Waals surface area contributed by atoms with Crippen LogP contribution in [-0.2, 0) is 5.54 Å². The molecule has 15 heavy (non-hydrogen) atoms. The highest BCUT2D eigenvalue weighted by Crippen LogP contribution is 2.38. The van der Waals surface area contributed by atoms with Gasteiger partial charge in [0.05, 0.1) is 0 Å². The molecular weight excluding hydrogens is 196 g/mol. The molecule has 0 unspecified atom stereocenters. The monoisotopic (exact) mass is 211 g/mol. The lowest BCUT2D eigenvalue weighted by molar-refractivity contribution is 0.412. The van der Waals surface area contributed by atoms with Crippen molar-refractivity contribution in [3.05, 3.63) is 34.9 Å². The molecular formula is C12H15F2N. The number of benzene rings is 1. The first kappa shape index (κ1) is 10.6. The molecule has 0 aliphatic heterocycles. The lowest BCUT2D eigenvalue weighted by Crippen LogP contribution is -2.34. The highest BCUT2D eigenvalue weighted by molar-refractivity contribution is 5.32. The van der Waals surface area contributed by atoms with Gasteiger partial charge in [-0.25, -0.2) is 8.78 Å². The predicted molar refractivity (Wildman–Crippen MR) is 55.4 cm³/mol. The molecule has 1 aliphatic carbocycles. The van der Waals surface area contributed by atoms with E-state index in [-0.39, 0.29) is 0 Å². The first-order valence-electron chi connectivity index (χ1n) is 5.28. The molecule has 0 bridgehead atoms. The van der Waals surface area contributed by atoms with Gasteiger partial charge in [-0.05, 0) is 31.4 Å². The van der Waals surface area contributed by atoms with Gasteiger partial charge in [0.25, 0.3) is 0 Å². The van der Waals surface area contributed by atoms with Crippen LogP contribution < -0.4 is 5.73 Å². The van der Waals surface area contributed by atoms with Crippen LogP contribution in [0.3, 0.4) is 0 Å². The molecule has 0 spiro atoms. The van der Waals surface area contributed by atoms with Gasteiger partial charge in [0.2, 0.25) is 0 Å². The van der Waals surface area contributed by atoms with E-state index >= 15 is 0 Å². The molecule has 1 aliphatic rings. The van der Waals surface area contributed by atoms with E-state index in [9.17, 15) is 8.78 Å². The van der Waals surface area contributed by atoms with E-state index in [1.165, 1.54) is 6.07 Å². The summed E-state index contributed by atoms with van der Waals surface area (Å²) in [6, 6.07) is 2.88. The third-order valence-corrected chi connectivity index (χ3v) is 3.20. The molecule has 1 fully saturated rings. The fourth-order valence-corrected chi connectivity index (χ4v) is 2.36. The van der Waals surface area contributed by atoms with E-state index in [4.69, 9.17) is 5.73 Å². The Kier molecular flexibility index (Phi) is 2.51. The second-order valence-corrected chi connectivity index (χ2v) is 4.47. The van der Waals surface area contributed by atoms with Gasteiger partial charge in [0, 0.05) is 11.1 Å². The lowest BCUT2D eigenvalue weighted by atomic mass is 9.88. The third kappa shape index (κ3) is 1.76. The topological polar surface area (TPSA) is 26.0 Å². The number of nitrogens with two attached hydrogens (primary N) is 1. The standard InChI is InChI=1S/C12H15F2N/c1-8-6-9(11(14)10(13)7-8)12(15)4-2-3-5-12/h6-7H,2-5,15H2,1H3. The smallest absolute Gasteiger partial charge is 0.163 e. The molecule has 0 heterocycles. The molecule has 0 amide bonds. The lowest BCUT2D eigenvalue weighted by Gasteiger charge is -2.25. The van der Waals surface area contributed by atoms with E-state index in [0.29, 0.717) is 5.56 Å². The molecule has 0 atom stereocenters. The van der Waals surface area contributed by atoms with Crippen LogP contribution in [0.2, 0.25) is 0 Å². The second kappa shape index (κ2) is 3.56. The van der Waals surface area contributed by atoms with Crippen molar-refractivity contribution in [2.24, 2.45) is 5.73 Å². The first-order valence-corrected chi connectivity index (χ1v) is 5.28. The molecule has 1 aromatic carbocycles. The summed E-state index contributed by atoms with van der Waals surface area (Å²) in [5.74, 6) is -1.56. The van der Waals surface area contributed by atoms with Crippen LogP contribution in [-0.4, -0.2) is 0 Å². The Morgan fingerprint density at radius 2 is 1.80 bits per heavy atom. The van der Waals surface area contributed by atoms with E-state index in [1.54, 1.807) is 13.0 Å². The van der Waals surface area contributed by atoms with Crippen molar-refractivity contribution in [2.45, 2.75) is 38.1 Å². The Labute approximate surface area is 88.3 Å². The minimum atomic E-state index is -0.790. The number of aryl methyl sites for hydroxylation is 1. The average Bonchev–Trinajstić information content (AvgIpc) is 2.59. The van der Waals surface area contributed by atoms with Crippen molar-refractivity contribution in [1.82, 2.24) is 0 Å².